The van der Waals surface area contributed by atoms with Crippen molar-refractivity contribution in [3.05, 3.63) is 29.8 Å². The summed E-state index contributed by atoms with van der Waals surface area (Å²) in [7, 11) is 1.69. The maximum atomic E-state index is 12.3. The van der Waals surface area contributed by atoms with E-state index in [-0.39, 0.29) is 0 Å². The highest BCUT2D eigenvalue weighted by molar-refractivity contribution is 5.76. The number of rotatable bonds is 7. The molecule has 0 unspecified atom stereocenters. The molecule has 2 aliphatic rings. The van der Waals surface area contributed by atoms with Gasteiger partial charge in [-0.1, -0.05) is 12.1 Å². The molecule has 1 atom stereocenters. The Morgan fingerprint density at radius 2 is 1.96 bits per heavy atom. The van der Waals surface area contributed by atoms with E-state index in [1.165, 1.54) is 5.56 Å². The summed E-state index contributed by atoms with van der Waals surface area (Å²) in [4.78, 5) is 16.8. The van der Waals surface area contributed by atoms with Crippen LogP contribution in [0.3, 0.4) is 0 Å². The van der Waals surface area contributed by atoms with Gasteiger partial charge in [-0.15, -0.1) is 0 Å². The largest absolute Gasteiger partial charge is 0.497 e. The van der Waals surface area contributed by atoms with Gasteiger partial charge in [-0.05, 0) is 43.4 Å². The third-order valence-electron chi connectivity index (χ3n) is 5.30. The Morgan fingerprint density at radius 3 is 2.60 bits per heavy atom. The molecule has 0 aliphatic carbocycles. The number of piperazine rings is 1. The number of methoxy groups -OCH3 is 1. The zero-order valence-corrected chi connectivity index (χ0v) is 15.3. The van der Waals surface area contributed by atoms with Crippen LogP contribution >= 0.6 is 0 Å². The van der Waals surface area contributed by atoms with Crippen LogP contribution in [0.4, 0.5) is 0 Å². The number of nitrogens with zero attached hydrogens (tertiary/aromatic N) is 2. The highest BCUT2D eigenvalue weighted by Gasteiger charge is 2.23. The first-order chi connectivity index (χ1) is 12.2. The number of benzene rings is 1. The molecule has 2 saturated heterocycles. The first-order valence-corrected chi connectivity index (χ1v) is 9.49. The fourth-order valence-corrected chi connectivity index (χ4v) is 3.61. The third kappa shape index (κ3) is 5.44. The van der Waals surface area contributed by atoms with Crippen LogP contribution in [0.25, 0.3) is 0 Å². The predicted octanol–water partition coefficient (Wildman–Crippen LogP) is 2.34. The molecule has 0 radical (unpaired) electrons. The minimum Gasteiger partial charge on any atom is -0.497 e. The first-order valence-electron chi connectivity index (χ1n) is 9.49. The van der Waals surface area contributed by atoms with Crippen molar-refractivity contribution in [1.82, 2.24) is 9.80 Å². The van der Waals surface area contributed by atoms with E-state index in [9.17, 15) is 4.79 Å². The second-order valence-corrected chi connectivity index (χ2v) is 6.99. The molecule has 2 fully saturated rings. The molecule has 2 aliphatic heterocycles. The lowest BCUT2D eigenvalue weighted by Gasteiger charge is -2.35. The molecule has 0 saturated carbocycles. The van der Waals surface area contributed by atoms with Gasteiger partial charge < -0.3 is 14.4 Å². The second-order valence-electron chi connectivity index (χ2n) is 6.99. The fourth-order valence-electron chi connectivity index (χ4n) is 3.61. The van der Waals surface area contributed by atoms with E-state index in [0.717, 1.165) is 70.8 Å². The minimum absolute atomic E-state index is 0.297. The second kappa shape index (κ2) is 9.20. The third-order valence-corrected chi connectivity index (χ3v) is 5.30. The van der Waals surface area contributed by atoms with Crippen LogP contribution in [0.15, 0.2) is 24.3 Å². The minimum atomic E-state index is 0.297. The molecule has 138 valence electrons. The summed E-state index contributed by atoms with van der Waals surface area (Å²) < 4.78 is 10.8. The number of carbonyl (C=O) groups excluding carboxylic acids is 1. The van der Waals surface area contributed by atoms with Gasteiger partial charge in [0.25, 0.3) is 0 Å². The molecule has 0 bridgehead atoms. The SMILES string of the molecule is COc1ccc(CCN2CCN(C(=O)CC[C@@H]3CCCO3)CC2)cc1. The van der Waals surface area contributed by atoms with Crippen molar-refractivity contribution < 1.29 is 14.3 Å². The molecule has 0 spiro atoms. The average Bonchev–Trinajstić information content (AvgIpc) is 3.19. The maximum Gasteiger partial charge on any atom is 0.222 e. The Balaban J connectivity index is 1.34. The van der Waals surface area contributed by atoms with Crippen molar-refractivity contribution in [3.63, 3.8) is 0 Å². The molecular weight excluding hydrogens is 316 g/mol. The maximum absolute atomic E-state index is 12.3. The number of hydrogen-bond donors (Lipinski definition) is 0. The van der Waals surface area contributed by atoms with Crippen LogP contribution in [-0.4, -0.2) is 68.3 Å². The van der Waals surface area contributed by atoms with Crippen LogP contribution in [0.5, 0.6) is 5.75 Å². The van der Waals surface area contributed by atoms with Gasteiger partial charge in [-0.3, -0.25) is 9.69 Å². The highest BCUT2D eigenvalue weighted by atomic mass is 16.5. The quantitative estimate of drug-likeness (QED) is 0.760. The number of amides is 1. The number of hydrogen-bond acceptors (Lipinski definition) is 4. The van der Waals surface area contributed by atoms with Crippen LogP contribution in [-0.2, 0) is 16.0 Å². The molecule has 3 rings (SSSR count). The van der Waals surface area contributed by atoms with Crippen LogP contribution in [0.1, 0.15) is 31.2 Å². The molecule has 1 aromatic carbocycles. The van der Waals surface area contributed by atoms with E-state index in [0.29, 0.717) is 18.4 Å². The van der Waals surface area contributed by atoms with Crippen molar-refractivity contribution in [1.29, 1.82) is 0 Å². The Morgan fingerprint density at radius 1 is 1.20 bits per heavy atom. The van der Waals surface area contributed by atoms with Gasteiger partial charge in [0, 0.05) is 45.8 Å². The Kier molecular flexibility index (Phi) is 6.70. The normalized spacial score (nSPS) is 21.5. The summed E-state index contributed by atoms with van der Waals surface area (Å²) in [5, 5.41) is 0. The Labute approximate surface area is 150 Å². The van der Waals surface area contributed by atoms with Gasteiger partial charge in [0.2, 0.25) is 5.91 Å². The van der Waals surface area contributed by atoms with Gasteiger partial charge in [0.15, 0.2) is 0 Å². The summed E-state index contributed by atoms with van der Waals surface area (Å²) >= 11 is 0. The van der Waals surface area contributed by atoms with E-state index in [2.05, 4.69) is 17.0 Å². The number of carbonyl (C=O) groups is 1. The van der Waals surface area contributed by atoms with E-state index in [1.807, 2.05) is 17.0 Å². The molecule has 1 aromatic rings. The van der Waals surface area contributed by atoms with Gasteiger partial charge in [-0.25, -0.2) is 0 Å². The predicted molar refractivity (Wildman–Crippen MR) is 97.9 cm³/mol. The topological polar surface area (TPSA) is 42.0 Å². The fraction of sp³-hybridized carbons (Fsp3) is 0.650. The molecule has 5 heteroatoms. The van der Waals surface area contributed by atoms with E-state index in [4.69, 9.17) is 9.47 Å². The van der Waals surface area contributed by atoms with Crippen LogP contribution < -0.4 is 4.74 Å². The molecule has 0 aromatic heterocycles. The highest BCUT2D eigenvalue weighted by Crippen LogP contribution is 2.18. The summed E-state index contributed by atoms with van der Waals surface area (Å²) in [6, 6.07) is 8.29. The molecule has 1 amide bonds. The lowest BCUT2D eigenvalue weighted by atomic mass is 10.1. The van der Waals surface area contributed by atoms with Crippen molar-refractivity contribution in [3.8, 4) is 5.75 Å². The number of ether oxygens (including phenoxy) is 2. The molecule has 0 N–H and O–H groups in total. The van der Waals surface area contributed by atoms with E-state index < -0.39 is 0 Å². The standard InChI is InChI=1S/C20H30N2O3/c1-24-18-6-4-17(5-7-18)10-11-21-12-14-22(15-13-21)20(23)9-8-19-3-2-16-25-19/h4-7,19H,2-3,8-16H2,1H3/t19-/m0/s1. The zero-order valence-electron chi connectivity index (χ0n) is 15.3. The van der Waals surface area contributed by atoms with Crippen molar-refractivity contribution in [2.45, 2.75) is 38.2 Å². The van der Waals surface area contributed by atoms with Crippen LogP contribution in [0.2, 0.25) is 0 Å². The summed E-state index contributed by atoms with van der Waals surface area (Å²) in [6.45, 7) is 5.57. The van der Waals surface area contributed by atoms with Crippen LogP contribution in [0, 0.1) is 0 Å². The Bertz CT molecular complexity index is 532. The lowest BCUT2D eigenvalue weighted by Crippen LogP contribution is -2.49. The monoisotopic (exact) mass is 346 g/mol. The molecule has 5 nitrogen and oxygen atoms in total. The lowest BCUT2D eigenvalue weighted by molar-refractivity contribution is -0.133. The molecule has 2 heterocycles. The first kappa shape index (κ1) is 18.2. The van der Waals surface area contributed by atoms with Gasteiger partial charge in [-0.2, -0.15) is 0 Å². The van der Waals surface area contributed by atoms with Gasteiger partial charge in [0.1, 0.15) is 5.75 Å². The van der Waals surface area contributed by atoms with E-state index >= 15 is 0 Å². The smallest absolute Gasteiger partial charge is 0.222 e. The average molecular weight is 346 g/mol. The van der Waals surface area contributed by atoms with Crippen molar-refractivity contribution in [2.75, 3.05) is 46.4 Å². The zero-order chi connectivity index (χ0) is 17.5. The van der Waals surface area contributed by atoms with Crippen molar-refractivity contribution >= 4 is 5.91 Å². The summed E-state index contributed by atoms with van der Waals surface area (Å²) in [5.74, 6) is 1.20. The van der Waals surface area contributed by atoms with E-state index in [1.54, 1.807) is 7.11 Å². The molecule has 25 heavy (non-hydrogen) atoms. The molecular formula is C20H30N2O3. The van der Waals surface area contributed by atoms with Gasteiger partial charge >= 0.3 is 0 Å². The van der Waals surface area contributed by atoms with Crippen molar-refractivity contribution in [2.24, 2.45) is 0 Å². The van der Waals surface area contributed by atoms with Gasteiger partial charge in [0.05, 0.1) is 13.2 Å². The summed E-state index contributed by atoms with van der Waals surface area (Å²) in [5.41, 5.74) is 1.33. The Hall–Kier alpha value is -1.59. The summed E-state index contributed by atoms with van der Waals surface area (Å²) in [6.07, 6.45) is 5.14.